The summed E-state index contributed by atoms with van der Waals surface area (Å²) in [4.78, 5) is 16.3. The summed E-state index contributed by atoms with van der Waals surface area (Å²) in [6.45, 7) is 3.50. The molecular formula is C19H29N3O2. The lowest BCUT2D eigenvalue weighted by molar-refractivity contribution is -0.107. The van der Waals surface area contributed by atoms with E-state index in [9.17, 15) is 4.79 Å². The summed E-state index contributed by atoms with van der Waals surface area (Å²) in [7, 11) is 0. The van der Waals surface area contributed by atoms with E-state index in [4.69, 9.17) is 4.74 Å². The van der Waals surface area contributed by atoms with Crippen molar-refractivity contribution in [3.8, 4) is 0 Å². The standard InChI is InChI=1S/C19H29N3O2/c1-15(16-5-10-20-11-6-16)14-21-18(23)22-17-7-12-24-19(13-17)8-3-2-4-9-19/h5-6,10-11,15,17H,2-4,7-9,12-14H2,1H3,(H2,21,22,23)/t15-,17-/m0/s1. The Labute approximate surface area is 144 Å². The Morgan fingerprint density at radius 3 is 2.83 bits per heavy atom. The molecule has 5 heteroatoms. The third kappa shape index (κ3) is 4.47. The monoisotopic (exact) mass is 331 g/mol. The minimum Gasteiger partial charge on any atom is -0.375 e. The SMILES string of the molecule is C[C@@H](CNC(=O)N[C@H]1CCOC2(CCCCC2)C1)c1ccncc1. The van der Waals surface area contributed by atoms with Crippen molar-refractivity contribution in [2.75, 3.05) is 13.2 Å². The molecular weight excluding hydrogens is 302 g/mol. The van der Waals surface area contributed by atoms with Gasteiger partial charge in [-0.05, 0) is 49.3 Å². The van der Waals surface area contributed by atoms with Gasteiger partial charge in [-0.3, -0.25) is 4.98 Å². The van der Waals surface area contributed by atoms with Gasteiger partial charge in [-0.1, -0.05) is 26.2 Å². The van der Waals surface area contributed by atoms with Crippen molar-refractivity contribution in [1.29, 1.82) is 0 Å². The van der Waals surface area contributed by atoms with Crippen molar-refractivity contribution < 1.29 is 9.53 Å². The Kier molecular flexibility index (Phi) is 5.72. The number of nitrogens with one attached hydrogen (secondary N) is 2. The first kappa shape index (κ1) is 17.2. The summed E-state index contributed by atoms with van der Waals surface area (Å²) in [6.07, 6.45) is 11.6. The number of hydrogen-bond acceptors (Lipinski definition) is 3. The van der Waals surface area contributed by atoms with Gasteiger partial charge in [0.1, 0.15) is 0 Å². The zero-order chi connectivity index (χ0) is 16.8. The fraction of sp³-hybridized carbons (Fsp3) is 0.684. The van der Waals surface area contributed by atoms with Crippen molar-refractivity contribution >= 4 is 6.03 Å². The molecule has 0 radical (unpaired) electrons. The summed E-state index contributed by atoms with van der Waals surface area (Å²) in [6, 6.07) is 4.16. The molecule has 1 saturated heterocycles. The smallest absolute Gasteiger partial charge is 0.315 e. The molecule has 2 heterocycles. The molecule has 1 aliphatic carbocycles. The van der Waals surface area contributed by atoms with Gasteiger partial charge in [0.05, 0.1) is 5.60 Å². The van der Waals surface area contributed by atoms with Crippen LogP contribution < -0.4 is 10.6 Å². The number of nitrogens with zero attached hydrogens (tertiary/aromatic N) is 1. The van der Waals surface area contributed by atoms with Gasteiger partial charge < -0.3 is 15.4 Å². The Bertz CT molecular complexity index is 523. The molecule has 0 aromatic carbocycles. The van der Waals surface area contributed by atoms with E-state index in [-0.39, 0.29) is 23.6 Å². The topological polar surface area (TPSA) is 63.2 Å². The predicted octanol–water partition coefficient (Wildman–Crippen LogP) is 3.37. The number of ether oxygens (including phenoxy) is 1. The first-order chi connectivity index (χ1) is 11.7. The molecule has 1 aromatic heterocycles. The van der Waals surface area contributed by atoms with Crippen LogP contribution in [-0.2, 0) is 4.74 Å². The van der Waals surface area contributed by atoms with Gasteiger partial charge in [-0.15, -0.1) is 0 Å². The minimum atomic E-state index is -0.0613. The van der Waals surface area contributed by atoms with Crippen LogP contribution in [0.15, 0.2) is 24.5 Å². The first-order valence-corrected chi connectivity index (χ1v) is 9.25. The Balaban J connectivity index is 1.44. The second kappa shape index (κ2) is 7.97. The molecule has 24 heavy (non-hydrogen) atoms. The number of hydrogen-bond donors (Lipinski definition) is 2. The van der Waals surface area contributed by atoms with Crippen molar-refractivity contribution in [2.24, 2.45) is 0 Å². The predicted molar refractivity (Wildman–Crippen MR) is 94.0 cm³/mol. The van der Waals surface area contributed by atoms with E-state index in [0.29, 0.717) is 6.54 Å². The molecule has 1 spiro atoms. The third-order valence-corrected chi connectivity index (χ3v) is 5.44. The summed E-state index contributed by atoms with van der Waals surface area (Å²) >= 11 is 0. The lowest BCUT2D eigenvalue weighted by atomic mass is 9.78. The fourth-order valence-corrected chi connectivity index (χ4v) is 3.99. The van der Waals surface area contributed by atoms with Crippen molar-refractivity contribution in [2.45, 2.75) is 69.4 Å². The van der Waals surface area contributed by atoms with Gasteiger partial charge in [0, 0.05) is 31.6 Å². The largest absolute Gasteiger partial charge is 0.375 e. The highest BCUT2D eigenvalue weighted by molar-refractivity contribution is 5.74. The molecule has 2 atom stereocenters. The summed E-state index contributed by atoms with van der Waals surface area (Å²) in [5.41, 5.74) is 1.22. The number of carbonyl (C=O) groups is 1. The lowest BCUT2D eigenvalue weighted by Crippen LogP contribution is -2.51. The summed E-state index contributed by atoms with van der Waals surface area (Å²) in [5, 5.41) is 6.16. The fourth-order valence-electron chi connectivity index (χ4n) is 3.99. The van der Waals surface area contributed by atoms with E-state index in [1.165, 1.54) is 24.8 Å². The number of urea groups is 1. The number of aromatic nitrogens is 1. The normalized spacial score (nSPS) is 24.3. The zero-order valence-electron chi connectivity index (χ0n) is 14.6. The molecule has 132 valence electrons. The van der Waals surface area contributed by atoms with Crippen LogP contribution in [0.3, 0.4) is 0 Å². The van der Waals surface area contributed by atoms with Crippen LogP contribution in [0, 0.1) is 0 Å². The second-order valence-corrected chi connectivity index (χ2v) is 7.32. The van der Waals surface area contributed by atoms with Crippen molar-refractivity contribution in [3.63, 3.8) is 0 Å². The number of carbonyl (C=O) groups excluding carboxylic acids is 1. The molecule has 1 aromatic rings. The zero-order valence-corrected chi connectivity index (χ0v) is 14.6. The maximum absolute atomic E-state index is 12.2. The quantitative estimate of drug-likeness (QED) is 0.889. The van der Waals surface area contributed by atoms with Crippen LogP contribution in [0.25, 0.3) is 0 Å². The Morgan fingerprint density at radius 1 is 1.33 bits per heavy atom. The van der Waals surface area contributed by atoms with E-state index < -0.39 is 0 Å². The average Bonchev–Trinajstić information content (AvgIpc) is 2.61. The molecule has 2 amide bonds. The van der Waals surface area contributed by atoms with Crippen LogP contribution in [0.1, 0.15) is 63.4 Å². The van der Waals surface area contributed by atoms with Gasteiger partial charge >= 0.3 is 6.03 Å². The highest BCUT2D eigenvalue weighted by atomic mass is 16.5. The highest BCUT2D eigenvalue weighted by Gasteiger charge is 2.38. The van der Waals surface area contributed by atoms with Crippen LogP contribution in [0.5, 0.6) is 0 Å². The summed E-state index contributed by atoms with van der Waals surface area (Å²) in [5.74, 6) is 0.276. The molecule has 0 bridgehead atoms. The van der Waals surface area contributed by atoms with Gasteiger partial charge in [0.15, 0.2) is 0 Å². The molecule has 2 N–H and O–H groups in total. The van der Waals surface area contributed by atoms with Crippen LogP contribution in [-0.4, -0.2) is 35.8 Å². The van der Waals surface area contributed by atoms with E-state index in [1.807, 2.05) is 12.1 Å². The minimum absolute atomic E-state index is 0.0266. The molecule has 1 aliphatic heterocycles. The van der Waals surface area contributed by atoms with E-state index in [1.54, 1.807) is 12.4 Å². The molecule has 2 fully saturated rings. The van der Waals surface area contributed by atoms with Gasteiger partial charge in [-0.2, -0.15) is 0 Å². The number of amides is 2. The Hall–Kier alpha value is -1.62. The van der Waals surface area contributed by atoms with Crippen molar-refractivity contribution in [3.05, 3.63) is 30.1 Å². The van der Waals surface area contributed by atoms with Gasteiger partial charge in [0.2, 0.25) is 0 Å². The van der Waals surface area contributed by atoms with E-state index >= 15 is 0 Å². The number of rotatable bonds is 4. The first-order valence-electron chi connectivity index (χ1n) is 9.25. The van der Waals surface area contributed by atoms with E-state index in [0.717, 1.165) is 32.3 Å². The van der Waals surface area contributed by atoms with Gasteiger partial charge in [-0.25, -0.2) is 4.79 Å². The third-order valence-electron chi connectivity index (χ3n) is 5.44. The molecule has 1 saturated carbocycles. The molecule has 5 nitrogen and oxygen atoms in total. The average molecular weight is 331 g/mol. The highest BCUT2D eigenvalue weighted by Crippen LogP contribution is 2.38. The van der Waals surface area contributed by atoms with Gasteiger partial charge in [0.25, 0.3) is 0 Å². The van der Waals surface area contributed by atoms with Crippen molar-refractivity contribution in [1.82, 2.24) is 15.6 Å². The molecule has 0 unspecified atom stereocenters. The lowest BCUT2D eigenvalue weighted by Gasteiger charge is -2.43. The summed E-state index contributed by atoms with van der Waals surface area (Å²) < 4.78 is 6.10. The second-order valence-electron chi connectivity index (χ2n) is 7.32. The Morgan fingerprint density at radius 2 is 2.08 bits per heavy atom. The van der Waals surface area contributed by atoms with Crippen LogP contribution >= 0.6 is 0 Å². The molecule has 3 rings (SSSR count). The number of pyridine rings is 1. The van der Waals surface area contributed by atoms with E-state index in [2.05, 4.69) is 22.5 Å². The van der Waals surface area contributed by atoms with Crippen LogP contribution in [0.2, 0.25) is 0 Å². The van der Waals surface area contributed by atoms with Crippen LogP contribution in [0.4, 0.5) is 4.79 Å². The maximum atomic E-state index is 12.2. The maximum Gasteiger partial charge on any atom is 0.315 e. The molecule has 2 aliphatic rings.